The summed E-state index contributed by atoms with van der Waals surface area (Å²) in [6, 6.07) is 5.47. The Labute approximate surface area is 145 Å². The van der Waals surface area contributed by atoms with Gasteiger partial charge in [-0.25, -0.2) is 8.42 Å². The molecular weight excluding hydrogens is 477 g/mol. The van der Waals surface area contributed by atoms with Crippen LogP contribution in [0.5, 0.6) is 0 Å². The Kier molecular flexibility index (Phi) is 8.73. The average Bonchev–Trinajstić information content (AvgIpc) is 2.42. The minimum Gasteiger partial charge on any atom is -0.741 e. The molecule has 0 bridgehead atoms. The van der Waals surface area contributed by atoms with E-state index in [0.29, 0.717) is 0 Å². The Bertz CT molecular complexity index is 648. The van der Waals surface area contributed by atoms with Gasteiger partial charge in [0.15, 0.2) is 17.8 Å². The molecule has 0 N–H and O–H groups in total. The molecule has 0 aromatic heterocycles. The molecule has 3 nitrogen and oxygen atoms in total. The molecule has 1 aromatic carbocycles. The molecule has 0 radical (unpaired) electrons. The van der Waals surface area contributed by atoms with E-state index in [9.17, 15) is 26.3 Å². The van der Waals surface area contributed by atoms with E-state index in [1.807, 2.05) is 6.92 Å². The van der Waals surface area contributed by atoms with E-state index in [2.05, 4.69) is 11.0 Å². The van der Waals surface area contributed by atoms with Crippen LogP contribution in [-0.2, 0) is 16.3 Å². The van der Waals surface area contributed by atoms with E-state index in [1.54, 1.807) is 12.1 Å². The normalized spacial score (nSPS) is 13.3. The van der Waals surface area contributed by atoms with Crippen molar-refractivity contribution in [2.75, 3.05) is 0 Å². The van der Waals surface area contributed by atoms with Crippen molar-refractivity contribution in [1.29, 1.82) is 0 Å². The Morgan fingerprint density at radius 1 is 1.12 bits per heavy atom. The quantitative estimate of drug-likeness (QED) is 0.278. The van der Waals surface area contributed by atoms with Crippen LogP contribution in [0.1, 0.15) is 25.8 Å². The number of rotatable bonds is 3. The van der Waals surface area contributed by atoms with Gasteiger partial charge in [0.25, 0.3) is 0 Å². The summed E-state index contributed by atoms with van der Waals surface area (Å²) in [7, 11) is -6.09. The first-order valence-corrected chi connectivity index (χ1v) is 9.90. The van der Waals surface area contributed by atoms with Gasteiger partial charge in [-0.15, -0.1) is 0 Å². The van der Waals surface area contributed by atoms with Crippen molar-refractivity contribution in [1.82, 2.24) is 0 Å². The highest BCUT2D eigenvalue weighted by Gasteiger charge is 2.37. The third-order valence-corrected chi connectivity index (χ3v) is 5.76. The van der Waals surface area contributed by atoms with Crippen LogP contribution < -0.4 is 21.2 Å². The molecule has 138 valence electrons. The average molecular weight is 490 g/mol. The van der Waals surface area contributed by atoms with Gasteiger partial charge in [-0.05, 0) is 43.2 Å². The number of alkyl halides is 6. The second kappa shape index (κ2) is 9.04. The fourth-order valence-electron chi connectivity index (χ4n) is 0.945. The summed E-state index contributed by atoms with van der Waals surface area (Å²) >= 11 is -0.299. The Balaban J connectivity index is 0.000000561. The molecule has 0 atom stereocenters. The van der Waals surface area contributed by atoms with E-state index < -0.39 is 27.4 Å². The third kappa shape index (κ3) is 8.87. The summed E-state index contributed by atoms with van der Waals surface area (Å²) in [4.78, 5) is 0. The van der Waals surface area contributed by atoms with Crippen LogP contribution in [0, 0.1) is 3.57 Å². The lowest BCUT2D eigenvalue weighted by atomic mass is 10.2. The number of benzene rings is 1. The van der Waals surface area contributed by atoms with Crippen LogP contribution >= 0.6 is 0 Å². The maximum atomic E-state index is 12.3. The van der Waals surface area contributed by atoms with Crippen molar-refractivity contribution in [2.45, 2.75) is 32.0 Å². The highest BCUT2D eigenvalue weighted by Crippen LogP contribution is 2.28. The van der Waals surface area contributed by atoms with Crippen LogP contribution in [0.2, 0.25) is 0 Å². The zero-order valence-electron chi connectivity index (χ0n) is 12.4. The van der Waals surface area contributed by atoms with Gasteiger partial charge in [0.2, 0.25) is 0 Å². The van der Waals surface area contributed by atoms with Gasteiger partial charge in [-0.1, -0.05) is 6.92 Å². The standard InChI is InChI=1S/C12H13F3I.CHF3O3S/c1-3-9(2)8-16-11-6-4-10(5-7-11)12(13,14)15;2-1(3,4)8(5,6)7/h4-8H,3H2,1-2H3;(H,5,6,7)/q+1;/p-1/b9-8+;. The number of allylic oxidation sites excluding steroid dienone is 1. The third-order valence-electron chi connectivity index (χ3n) is 2.38. The van der Waals surface area contributed by atoms with E-state index in [-0.39, 0.29) is 21.2 Å². The summed E-state index contributed by atoms with van der Waals surface area (Å²) in [5.41, 5.74) is -4.92. The minimum absolute atomic E-state index is 0.299. The number of hydrogen-bond donors (Lipinski definition) is 0. The van der Waals surface area contributed by atoms with Crippen molar-refractivity contribution < 1.29 is 60.5 Å². The zero-order chi connectivity index (χ0) is 19.2. The van der Waals surface area contributed by atoms with Crippen molar-refractivity contribution >= 4 is 10.1 Å². The SMILES string of the molecule is CC/C(C)=C/[I+]c1ccc(C(F)(F)F)cc1.O=S(=O)([O-])C(F)(F)F. The predicted molar refractivity (Wildman–Crippen MR) is 69.9 cm³/mol. The van der Waals surface area contributed by atoms with E-state index in [1.165, 1.54) is 5.57 Å². The first kappa shape index (κ1) is 23.2. The molecule has 24 heavy (non-hydrogen) atoms. The Morgan fingerprint density at radius 3 is 1.83 bits per heavy atom. The van der Waals surface area contributed by atoms with E-state index in [4.69, 9.17) is 13.0 Å². The molecule has 0 saturated carbocycles. The molecule has 11 heteroatoms. The Hall–Kier alpha value is -0.820. The van der Waals surface area contributed by atoms with Crippen molar-refractivity contribution in [2.24, 2.45) is 0 Å². The van der Waals surface area contributed by atoms with Gasteiger partial charge in [0.1, 0.15) is 0 Å². The highest BCUT2D eigenvalue weighted by molar-refractivity contribution is 7.86. The van der Waals surface area contributed by atoms with Gasteiger partial charge in [0, 0.05) is 0 Å². The summed E-state index contributed by atoms with van der Waals surface area (Å²) < 4.78 is 98.9. The molecule has 0 amide bonds. The maximum absolute atomic E-state index is 12.3. The van der Waals surface area contributed by atoms with Crippen LogP contribution in [0.3, 0.4) is 0 Å². The minimum atomic E-state index is -6.09. The maximum Gasteiger partial charge on any atom is 0.485 e. The largest absolute Gasteiger partial charge is 0.741 e. The van der Waals surface area contributed by atoms with Gasteiger partial charge < -0.3 is 4.55 Å². The van der Waals surface area contributed by atoms with E-state index >= 15 is 0 Å². The van der Waals surface area contributed by atoms with Crippen molar-refractivity contribution in [3.05, 3.63) is 43.1 Å². The first-order valence-electron chi connectivity index (χ1n) is 6.17. The van der Waals surface area contributed by atoms with Gasteiger partial charge in [0.05, 0.1) is 5.56 Å². The molecule has 0 saturated heterocycles. The van der Waals surface area contributed by atoms with Crippen molar-refractivity contribution in [3.63, 3.8) is 0 Å². The molecule has 0 spiro atoms. The summed E-state index contributed by atoms with van der Waals surface area (Å²) in [6.45, 7) is 4.12. The van der Waals surface area contributed by atoms with Crippen molar-refractivity contribution in [3.8, 4) is 0 Å². The summed E-state index contributed by atoms with van der Waals surface area (Å²) in [6.07, 6.45) is -3.23. The molecule has 0 aliphatic carbocycles. The molecule has 0 aliphatic heterocycles. The first-order chi connectivity index (χ1) is 10.7. The zero-order valence-corrected chi connectivity index (χ0v) is 15.3. The monoisotopic (exact) mass is 490 g/mol. The molecule has 1 rings (SSSR count). The highest BCUT2D eigenvalue weighted by atomic mass is 127. The summed E-state index contributed by atoms with van der Waals surface area (Å²) in [5.74, 6) is 0. The van der Waals surface area contributed by atoms with Crippen LogP contribution in [0.15, 0.2) is 33.9 Å². The van der Waals surface area contributed by atoms with Gasteiger partial charge in [-0.2, -0.15) is 26.3 Å². The molecule has 1 aromatic rings. The lowest BCUT2D eigenvalue weighted by molar-refractivity contribution is -0.557. The lowest BCUT2D eigenvalue weighted by Crippen LogP contribution is -3.59. The van der Waals surface area contributed by atoms with Gasteiger partial charge in [-0.3, -0.25) is 0 Å². The smallest absolute Gasteiger partial charge is 0.485 e. The van der Waals surface area contributed by atoms with Gasteiger partial charge >= 0.3 is 32.9 Å². The molecule has 0 unspecified atom stereocenters. The second-order valence-electron chi connectivity index (χ2n) is 4.32. The topological polar surface area (TPSA) is 57.2 Å². The molecule has 0 aliphatic rings. The number of halogens is 7. The molecule has 0 fully saturated rings. The number of hydrogen-bond acceptors (Lipinski definition) is 3. The predicted octanol–water partition coefficient (Wildman–Crippen LogP) is 1.33. The van der Waals surface area contributed by atoms with Crippen LogP contribution in [0.4, 0.5) is 26.3 Å². The molecular formula is C13H13F6IO3S. The van der Waals surface area contributed by atoms with Crippen LogP contribution in [0.25, 0.3) is 0 Å². The second-order valence-corrected chi connectivity index (χ2v) is 8.19. The fraction of sp³-hybridized carbons (Fsp3) is 0.385. The van der Waals surface area contributed by atoms with E-state index in [0.717, 1.165) is 22.1 Å². The Morgan fingerprint density at radius 2 is 1.54 bits per heavy atom. The molecule has 0 heterocycles. The lowest BCUT2D eigenvalue weighted by Gasteiger charge is -2.08. The fourth-order valence-corrected chi connectivity index (χ4v) is 3.05. The van der Waals surface area contributed by atoms with Crippen LogP contribution in [-0.4, -0.2) is 18.5 Å². The summed E-state index contributed by atoms with van der Waals surface area (Å²) in [5, 5.41) is 0.